The van der Waals surface area contributed by atoms with Gasteiger partial charge in [-0.05, 0) is 69.7 Å². The Labute approximate surface area is 178 Å². The second-order valence-electron chi connectivity index (χ2n) is 8.07. The fraction of sp³-hybridized carbons (Fsp3) is 0.409. The van der Waals surface area contributed by atoms with Crippen LogP contribution in [-0.2, 0) is 14.8 Å². The van der Waals surface area contributed by atoms with E-state index < -0.39 is 15.6 Å². The highest BCUT2D eigenvalue weighted by atomic mass is 32.2. The summed E-state index contributed by atoms with van der Waals surface area (Å²) >= 11 is 0. The number of ether oxygens (including phenoxy) is 2. The van der Waals surface area contributed by atoms with E-state index in [2.05, 4.69) is 10.0 Å². The van der Waals surface area contributed by atoms with Gasteiger partial charge in [-0.2, -0.15) is 0 Å². The van der Waals surface area contributed by atoms with E-state index in [1.165, 1.54) is 24.3 Å². The van der Waals surface area contributed by atoms with E-state index >= 15 is 0 Å². The summed E-state index contributed by atoms with van der Waals surface area (Å²) in [6.07, 6.45) is -0.351. The second-order valence-corrected chi connectivity index (χ2v) is 9.75. The van der Waals surface area contributed by atoms with Crippen molar-refractivity contribution >= 4 is 15.9 Å². The van der Waals surface area contributed by atoms with Crippen molar-refractivity contribution in [2.24, 2.45) is 0 Å². The topological polar surface area (TPSA) is 93.7 Å². The van der Waals surface area contributed by atoms with Gasteiger partial charge in [-0.25, -0.2) is 13.1 Å². The number of amides is 1. The average molecular weight is 435 g/mol. The van der Waals surface area contributed by atoms with E-state index in [0.29, 0.717) is 5.56 Å². The van der Waals surface area contributed by atoms with Crippen molar-refractivity contribution in [3.8, 4) is 5.75 Å². The third-order valence-corrected chi connectivity index (χ3v) is 6.15. The molecule has 30 heavy (non-hydrogen) atoms. The highest BCUT2D eigenvalue weighted by molar-refractivity contribution is 7.89. The molecule has 2 aromatic carbocycles. The number of rotatable bonds is 8. The Morgan fingerprint density at radius 1 is 0.967 bits per heavy atom. The molecule has 0 saturated heterocycles. The molecule has 0 fully saturated rings. The lowest BCUT2D eigenvalue weighted by Crippen LogP contribution is -2.40. The van der Waals surface area contributed by atoms with E-state index in [1.54, 1.807) is 35.0 Å². The molecule has 1 amide bonds. The smallest absolute Gasteiger partial charge is 0.251 e. The Kier molecular flexibility index (Phi) is 7.63. The van der Waals surface area contributed by atoms with Crippen molar-refractivity contribution in [2.45, 2.75) is 50.3 Å². The third-order valence-electron chi connectivity index (χ3n) is 4.38. The van der Waals surface area contributed by atoms with Gasteiger partial charge in [0.05, 0.1) is 18.0 Å². The molecule has 0 aliphatic heterocycles. The highest BCUT2D eigenvalue weighted by Gasteiger charge is 2.24. The Balaban J connectivity index is 2.10. The lowest BCUT2D eigenvalue weighted by Gasteiger charge is -2.24. The number of benzene rings is 2. The van der Waals surface area contributed by atoms with Crippen molar-refractivity contribution in [1.29, 1.82) is 0 Å². The van der Waals surface area contributed by atoms with Crippen LogP contribution in [0.1, 0.15) is 49.7 Å². The summed E-state index contributed by atoms with van der Waals surface area (Å²) in [7, 11) is -0.473. The fourth-order valence-corrected chi connectivity index (χ4v) is 4.45. The van der Waals surface area contributed by atoms with Gasteiger partial charge in [0.1, 0.15) is 11.9 Å². The summed E-state index contributed by atoms with van der Waals surface area (Å²) in [5, 5.41) is 2.91. The van der Waals surface area contributed by atoms with Gasteiger partial charge < -0.3 is 14.8 Å². The zero-order valence-corrected chi connectivity index (χ0v) is 19.0. The first-order valence-corrected chi connectivity index (χ1v) is 11.1. The number of hydrogen-bond donors (Lipinski definition) is 2. The minimum atomic E-state index is -3.65. The van der Waals surface area contributed by atoms with E-state index in [0.717, 1.165) is 11.3 Å². The molecule has 0 aromatic heterocycles. The molecule has 2 aromatic rings. The first kappa shape index (κ1) is 23.9. The largest absolute Gasteiger partial charge is 0.497 e. The van der Waals surface area contributed by atoms with Gasteiger partial charge in [-0.1, -0.05) is 12.1 Å². The maximum absolute atomic E-state index is 12.6. The number of carbonyl (C=O) groups is 1. The Hall–Kier alpha value is -2.42. The Morgan fingerprint density at radius 3 is 2.00 bits per heavy atom. The van der Waals surface area contributed by atoms with Crippen LogP contribution < -0.4 is 14.8 Å². The van der Waals surface area contributed by atoms with Crippen molar-refractivity contribution < 1.29 is 22.7 Å². The summed E-state index contributed by atoms with van der Waals surface area (Å²) in [5.41, 5.74) is 0.669. The quantitative estimate of drug-likeness (QED) is 0.665. The predicted octanol–water partition coefficient (Wildman–Crippen LogP) is 3.28. The summed E-state index contributed by atoms with van der Waals surface area (Å²) < 4.78 is 38.1. The molecule has 2 rings (SSSR count). The monoisotopic (exact) mass is 434 g/mol. The molecule has 0 aliphatic rings. The zero-order valence-electron chi connectivity index (χ0n) is 18.2. The lowest BCUT2D eigenvalue weighted by molar-refractivity contribution is 0.0644. The fourth-order valence-electron chi connectivity index (χ4n) is 3.04. The normalized spacial score (nSPS) is 14.1. The molecule has 2 atom stereocenters. The lowest BCUT2D eigenvalue weighted by atomic mass is 10.0. The zero-order chi connectivity index (χ0) is 22.5. The summed E-state index contributed by atoms with van der Waals surface area (Å²) in [5.74, 6) is 0.423. The van der Waals surface area contributed by atoms with Crippen LogP contribution in [0.2, 0.25) is 0 Å². The molecule has 0 spiro atoms. The molecule has 0 saturated carbocycles. The molecule has 8 heteroatoms. The van der Waals surface area contributed by atoms with Crippen LogP contribution in [0, 0.1) is 0 Å². The van der Waals surface area contributed by atoms with Crippen LogP contribution in [-0.4, -0.2) is 40.1 Å². The standard InChI is InChI=1S/C22H30N2O5S/c1-15(20(29-6)16-7-11-18(28-5)12-8-16)23-21(25)17-9-13-19(14-10-17)30(26,27)24-22(2,3)4/h7-15,20,24H,1-6H3,(H,23,25)/t15-,20+/m1/s1. The summed E-state index contributed by atoms with van der Waals surface area (Å²) in [6, 6.07) is 13.0. The molecule has 164 valence electrons. The molecule has 0 heterocycles. The molecule has 0 bridgehead atoms. The molecule has 2 N–H and O–H groups in total. The van der Waals surface area contributed by atoms with E-state index in [-0.39, 0.29) is 22.9 Å². The van der Waals surface area contributed by atoms with Crippen molar-refractivity contribution in [1.82, 2.24) is 10.0 Å². The molecule has 7 nitrogen and oxygen atoms in total. The number of carbonyl (C=O) groups excluding carboxylic acids is 1. The van der Waals surface area contributed by atoms with Crippen molar-refractivity contribution in [2.75, 3.05) is 14.2 Å². The van der Waals surface area contributed by atoms with Gasteiger partial charge in [0.25, 0.3) is 5.91 Å². The van der Waals surface area contributed by atoms with Crippen molar-refractivity contribution in [3.05, 3.63) is 59.7 Å². The minimum Gasteiger partial charge on any atom is -0.497 e. The average Bonchev–Trinajstić information content (AvgIpc) is 2.67. The molecular formula is C22H30N2O5S. The SMILES string of the molecule is COc1ccc([C@@H](OC)[C@@H](C)NC(=O)c2ccc(S(=O)(=O)NC(C)(C)C)cc2)cc1. The van der Waals surface area contributed by atoms with Crippen LogP contribution in [0.25, 0.3) is 0 Å². The molecule has 0 aliphatic carbocycles. The van der Waals surface area contributed by atoms with Gasteiger partial charge in [-0.3, -0.25) is 4.79 Å². The van der Waals surface area contributed by atoms with Gasteiger partial charge in [0.2, 0.25) is 10.0 Å². The van der Waals surface area contributed by atoms with Crippen LogP contribution in [0.15, 0.2) is 53.4 Å². The van der Waals surface area contributed by atoms with Gasteiger partial charge in [0, 0.05) is 18.2 Å². The Morgan fingerprint density at radius 2 is 1.53 bits per heavy atom. The highest BCUT2D eigenvalue weighted by Crippen LogP contribution is 2.23. The minimum absolute atomic E-state index is 0.107. The first-order valence-electron chi connectivity index (χ1n) is 9.58. The molecular weight excluding hydrogens is 404 g/mol. The predicted molar refractivity (Wildman–Crippen MR) is 116 cm³/mol. The number of hydrogen-bond acceptors (Lipinski definition) is 5. The molecule has 0 radical (unpaired) electrons. The van der Waals surface area contributed by atoms with E-state index in [4.69, 9.17) is 9.47 Å². The summed E-state index contributed by atoms with van der Waals surface area (Å²) in [4.78, 5) is 12.8. The number of nitrogens with one attached hydrogen (secondary N) is 2. The summed E-state index contributed by atoms with van der Waals surface area (Å²) in [6.45, 7) is 7.15. The van der Waals surface area contributed by atoms with Crippen molar-refractivity contribution in [3.63, 3.8) is 0 Å². The number of sulfonamides is 1. The first-order chi connectivity index (χ1) is 14.0. The number of methoxy groups -OCH3 is 2. The molecule has 0 unspecified atom stereocenters. The Bertz CT molecular complexity index is 949. The maximum atomic E-state index is 12.6. The van der Waals surface area contributed by atoms with E-state index in [1.807, 2.05) is 31.2 Å². The second kappa shape index (κ2) is 9.59. The van der Waals surface area contributed by atoms with Crippen LogP contribution in [0.3, 0.4) is 0 Å². The third kappa shape index (κ3) is 6.29. The van der Waals surface area contributed by atoms with Crippen LogP contribution in [0.4, 0.5) is 0 Å². The van der Waals surface area contributed by atoms with Gasteiger partial charge in [-0.15, -0.1) is 0 Å². The van der Waals surface area contributed by atoms with Gasteiger partial charge in [0.15, 0.2) is 0 Å². The van der Waals surface area contributed by atoms with Gasteiger partial charge >= 0.3 is 0 Å². The van der Waals surface area contributed by atoms with Crippen LogP contribution in [0.5, 0.6) is 5.75 Å². The van der Waals surface area contributed by atoms with E-state index in [9.17, 15) is 13.2 Å². The van der Waals surface area contributed by atoms with Crippen LogP contribution >= 0.6 is 0 Å². The maximum Gasteiger partial charge on any atom is 0.251 e.